The highest BCUT2D eigenvalue weighted by molar-refractivity contribution is 7.90. The third kappa shape index (κ3) is 4.58. The molecule has 0 bridgehead atoms. The first-order valence-electron chi connectivity index (χ1n) is 7.44. The van der Waals surface area contributed by atoms with E-state index >= 15 is 0 Å². The number of hydrogen-bond donors (Lipinski definition) is 1. The zero-order chi connectivity index (χ0) is 18.0. The number of carbonyl (C=O) groups is 1. The molecule has 2 aromatic rings. The molecule has 128 valence electrons. The van der Waals surface area contributed by atoms with Crippen LogP contribution in [0, 0.1) is 0 Å². The van der Waals surface area contributed by atoms with Gasteiger partial charge in [0.25, 0.3) is 5.91 Å². The number of amides is 1. The zero-order valence-corrected chi connectivity index (χ0v) is 15.4. The van der Waals surface area contributed by atoms with Gasteiger partial charge in [0.05, 0.1) is 4.90 Å². The molecule has 0 atom stereocenters. The van der Waals surface area contributed by atoms with Crippen LogP contribution < -0.4 is 5.32 Å². The van der Waals surface area contributed by atoms with Crippen molar-refractivity contribution in [3.05, 3.63) is 64.7 Å². The van der Waals surface area contributed by atoms with Crippen molar-refractivity contribution in [3.63, 3.8) is 0 Å². The van der Waals surface area contributed by atoms with Crippen molar-refractivity contribution in [1.82, 2.24) is 5.32 Å². The lowest BCUT2D eigenvalue weighted by atomic mass is 9.84. The van der Waals surface area contributed by atoms with Crippen LogP contribution in [0.4, 0.5) is 0 Å². The maximum atomic E-state index is 12.3. The Balaban J connectivity index is 2.05. The molecule has 2 aromatic carbocycles. The normalized spacial score (nSPS) is 12.0. The highest BCUT2D eigenvalue weighted by atomic mass is 35.5. The molecule has 2 rings (SSSR count). The first kappa shape index (κ1) is 18.5. The van der Waals surface area contributed by atoms with Gasteiger partial charge in [-0.25, -0.2) is 8.42 Å². The number of rotatable bonds is 5. The van der Waals surface area contributed by atoms with Crippen molar-refractivity contribution < 1.29 is 13.2 Å². The van der Waals surface area contributed by atoms with Gasteiger partial charge in [0, 0.05) is 28.8 Å². The van der Waals surface area contributed by atoms with Gasteiger partial charge in [-0.2, -0.15) is 0 Å². The zero-order valence-electron chi connectivity index (χ0n) is 13.8. The summed E-state index contributed by atoms with van der Waals surface area (Å²) in [6.45, 7) is 4.51. The van der Waals surface area contributed by atoms with E-state index in [1.54, 1.807) is 0 Å². The fourth-order valence-corrected chi connectivity index (χ4v) is 3.02. The van der Waals surface area contributed by atoms with E-state index in [0.29, 0.717) is 17.1 Å². The Hall–Kier alpha value is -1.85. The van der Waals surface area contributed by atoms with E-state index in [1.165, 1.54) is 24.3 Å². The van der Waals surface area contributed by atoms with Crippen molar-refractivity contribution in [2.24, 2.45) is 0 Å². The Kier molecular flexibility index (Phi) is 5.35. The molecule has 0 saturated carbocycles. The summed E-state index contributed by atoms with van der Waals surface area (Å²) >= 11 is 5.90. The average molecular weight is 366 g/mol. The highest BCUT2D eigenvalue weighted by Crippen LogP contribution is 2.24. The van der Waals surface area contributed by atoms with E-state index in [9.17, 15) is 13.2 Å². The minimum atomic E-state index is -3.26. The minimum Gasteiger partial charge on any atom is -0.351 e. The van der Waals surface area contributed by atoms with Gasteiger partial charge in [-0.15, -0.1) is 0 Å². The third-order valence-corrected chi connectivity index (χ3v) is 5.24. The van der Waals surface area contributed by atoms with Crippen LogP contribution in [0.5, 0.6) is 0 Å². The number of benzene rings is 2. The van der Waals surface area contributed by atoms with Gasteiger partial charge in [0.15, 0.2) is 9.84 Å². The van der Waals surface area contributed by atoms with Crippen LogP contribution in [-0.2, 0) is 15.3 Å². The molecule has 0 spiro atoms. The maximum absolute atomic E-state index is 12.3. The van der Waals surface area contributed by atoms with Crippen LogP contribution in [0.15, 0.2) is 53.4 Å². The Labute approximate surface area is 147 Å². The molecule has 0 aromatic heterocycles. The molecular formula is C18H20ClNO3S. The van der Waals surface area contributed by atoms with Crippen LogP contribution in [0.25, 0.3) is 0 Å². The Bertz CT molecular complexity index is 826. The second-order valence-corrected chi connectivity index (χ2v) is 8.82. The molecule has 0 heterocycles. The fraction of sp³-hybridized carbons (Fsp3) is 0.278. The topological polar surface area (TPSA) is 63.2 Å². The van der Waals surface area contributed by atoms with Gasteiger partial charge in [0.1, 0.15) is 0 Å². The van der Waals surface area contributed by atoms with Crippen LogP contribution in [-0.4, -0.2) is 27.1 Å². The van der Waals surface area contributed by atoms with E-state index in [-0.39, 0.29) is 16.2 Å². The summed E-state index contributed by atoms with van der Waals surface area (Å²) in [5.41, 5.74) is 1.24. The summed E-state index contributed by atoms with van der Waals surface area (Å²) in [7, 11) is -3.26. The van der Waals surface area contributed by atoms with Crippen molar-refractivity contribution in [1.29, 1.82) is 0 Å². The molecule has 0 aliphatic carbocycles. The number of halogens is 1. The van der Waals surface area contributed by atoms with Gasteiger partial charge >= 0.3 is 0 Å². The van der Waals surface area contributed by atoms with Crippen LogP contribution in [0.2, 0.25) is 5.02 Å². The quantitative estimate of drug-likeness (QED) is 0.882. The van der Waals surface area contributed by atoms with Crippen molar-refractivity contribution in [2.75, 3.05) is 12.8 Å². The molecule has 1 N–H and O–H groups in total. The van der Waals surface area contributed by atoms with E-state index < -0.39 is 9.84 Å². The predicted octanol–water partition coefficient (Wildman–Crippen LogP) is 3.45. The van der Waals surface area contributed by atoms with Gasteiger partial charge in [-0.3, -0.25) is 4.79 Å². The molecule has 6 heteroatoms. The summed E-state index contributed by atoms with van der Waals surface area (Å²) in [6, 6.07) is 13.4. The minimum absolute atomic E-state index is 0.195. The highest BCUT2D eigenvalue weighted by Gasteiger charge is 2.21. The largest absolute Gasteiger partial charge is 0.351 e. The number of carbonyl (C=O) groups excluding carboxylic acids is 1. The van der Waals surface area contributed by atoms with Gasteiger partial charge < -0.3 is 5.32 Å². The second kappa shape index (κ2) is 6.95. The smallest absolute Gasteiger partial charge is 0.251 e. The lowest BCUT2D eigenvalue weighted by Crippen LogP contribution is -2.36. The van der Waals surface area contributed by atoms with E-state index in [4.69, 9.17) is 11.6 Å². The molecule has 0 radical (unpaired) electrons. The molecule has 0 saturated heterocycles. The lowest BCUT2D eigenvalue weighted by Gasteiger charge is -2.25. The van der Waals surface area contributed by atoms with Gasteiger partial charge in [0.2, 0.25) is 0 Å². The molecule has 1 amide bonds. The van der Waals surface area contributed by atoms with Crippen molar-refractivity contribution >= 4 is 27.3 Å². The summed E-state index contributed by atoms with van der Waals surface area (Å²) < 4.78 is 22.9. The Morgan fingerprint density at radius 3 is 2.08 bits per heavy atom. The predicted molar refractivity (Wildman–Crippen MR) is 96.4 cm³/mol. The van der Waals surface area contributed by atoms with Gasteiger partial charge in [-0.1, -0.05) is 37.6 Å². The summed E-state index contributed by atoms with van der Waals surface area (Å²) in [5.74, 6) is -0.239. The number of sulfone groups is 1. The number of nitrogens with one attached hydrogen (secondary N) is 1. The third-order valence-electron chi connectivity index (χ3n) is 3.86. The van der Waals surface area contributed by atoms with E-state index in [1.807, 2.05) is 38.1 Å². The molecule has 0 unspecified atom stereocenters. The second-order valence-electron chi connectivity index (χ2n) is 6.37. The van der Waals surface area contributed by atoms with E-state index in [0.717, 1.165) is 11.8 Å². The monoisotopic (exact) mass is 365 g/mol. The summed E-state index contributed by atoms with van der Waals surface area (Å²) in [6.07, 6.45) is 1.14. The molecule has 0 aliphatic heterocycles. The summed E-state index contributed by atoms with van der Waals surface area (Å²) in [4.78, 5) is 12.5. The molecule has 0 aliphatic rings. The van der Waals surface area contributed by atoms with Crippen LogP contribution in [0.1, 0.15) is 29.8 Å². The van der Waals surface area contributed by atoms with Crippen molar-refractivity contribution in [2.45, 2.75) is 24.2 Å². The lowest BCUT2D eigenvalue weighted by molar-refractivity contribution is 0.0945. The fourth-order valence-electron chi connectivity index (χ4n) is 2.26. The molecule has 24 heavy (non-hydrogen) atoms. The number of hydrogen-bond acceptors (Lipinski definition) is 3. The standard InChI is InChI=1S/C18H20ClNO3S/c1-18(2,14-6-8-15(19)9-7-14)12-20-17(21)13-4-10-16(11-5-13)24(3,22)23/h4-11H,12H2,1-3H3,(H,20,21). The first-order chi connectivity index (χ1) is 11.1. The SMILES string of the molecule is CC(C)(CNC(=O)c1ccc(S(C)(=O)=O)cc1)c1ccc(Cl)cc1. The molecule has 4 nitrogen and oxygen atoms in total. The van der Waals surface area contributed by atoms with E-state index in [2.05, 4.69) is 5.32 Å². The van der Waals surface area contributed by atoms with Crippen LogP contribution >= 0.6 is 11.6 Å². The molecular weight excluding hydrogens is 346 g/mol. The Morgan fingerprint density at radius 1 is 1.04 bits per heavy atom. The van der Waals surface area contributed by atoms with Crippen LogP contribution in [0.3, 0.4) is 0 Å². The summed E-state index contributed by atoms with van der Waals surface area (Å²) in [5, 5.41) is 3.56. The Morgan fingerprint density at radius 2 is 1.58 bits per heavy atom. The first-order valence-corrected chi connectivity index (χ1v) is 9.71. The van der Waals surface area contributed by atoms with Crippen molar-refractivity contribution in [3.8, 4) is 0 Å². The maximum Gasteiger partial charge on any atom is 0.251 e. The average Bonchev–Trinajstić information content (AvgIpc) is 2.52. The molecule has 0 fully saturated rings. The van der Waals surface area contributed by atoms with Gasteiger partial charge in [-0.05, 0) is 42.0 Å².